The number of hydrogen-bond donors (Lipinski definition) is 2. The molecule has 396 valence electrons. The molecule has 0 spiro atoms. The van der Waals surface area contributed by atoms with Gasteiger partial charge in [0.15, 0.2) is 0 Å². The van der Waals surface area contributed by atoms with E-state index in [0.717, 1.165) is 32.1 Å². The summed E-state index contributed by atoms with van der Waals surface area (Å²) in [5.41, 5.74) is -11.0. The Morgan fingerprint density at radius 2 is 1.22 bits per heavy atom. The molecule has 14 fully saturated rings. The van der Waals surface area contributed by atoms with Gasteiger partial charge in [-0.25, -0.2) is 0 Å². The number of carbonyl (C=O) groups is 7. The van der Waals surface area contributed by atoms with Crippen LogP contribution in [0.4, 0.5) is 0 Å². The summed E-state index contributed by atoms with van der Waals surface area (Å²) in [7, 11) is 0. The third kappa shape index (κ3) is 7.81. The SMILES string of the molecule is CC1C(=O)OC(=O)C1C(C)(CC(C)(CC1C(C)C2CC1C1COC(=O)C21)C(=O)OC12CC3CC(O)(CC(O)(C3)C1)C2)C(=O)OC12CC3CC(C(=O)OC4CCCCO4)(C1)CC(C(=O)OC1CCCCO1)(C3)C2. The van der Waals surface area contributed by atoms with Gasteiger partial charge in [0, 0.05) is 50.9 Å². The molecule has 4 heterocycles. The number of ether oxygens (including phenoxy) is 8. The first-order valence-corrected chi connectivity index (χ1v) is 27.5. The van der Waals surface area contributed by atoms with Gasteiger partial charge >= 0.3 is 41.8 Å². The maximum absolute atomic E-state index is 16.0. The van der Waals surface area contributed by atoms with Crippen molar-refractivity contribution in [2.24, 2.45) is 80.8 Å². The molecule has 16 unspecified atom stereocenters. The van der Waals surface area contributed by atoms with E-state index in [0.29, 0.717) is 71.2 Å². The summed E-state index contributed by atoms with van der Waals surface area (Å²) >= 11 is 0. The van der Waals surface area contributed by atoms with E-state index in [1.165, 1.54) is 6.92 Å². The standard InChI is InChI=1S/C55H74O17/c1-29-33-13-34(36-21-67-42(57)39(33)36)35(29)20-48(3,44(59)71-55-19-32-16-52(63,27-55)26-53(64,17-32)28-55)22-49(4,40-30(2)41(56)70-43(40)58)45(60)72-54-18-31-14-50(24-54,46(61)68-37-9-5-7-11-65-37)23-51(15-31,25-54)47(62)69-38-10-6-8-12-66-38/h29-40,63-64H,5-28H2,1-4H3. The fraction of sp³-hybridized carbons (Fsp3) is 0.873. The van der Waals surface area contributed by atoms with Crippen LogP contribution < -0.4 is 0 Å². The number of aliphatic hydroxyl groups is 2. The zero-order chi connectivity index (χ0) is 50.6. The average Bonchev–Trinajstić information content (AvgIpc) is 4.02. The lowest BCUT2D eigenvalue weighted by molar-refractivity contribution is -0.266. The Balaban J connectivity index is 0.909. The largest absolute Gasteiger partial charge is 0.465 e. The van der Waals surface area contributed by atoms with Crippen molar-refractivity contribution in [3.63, 3.8) is 0 Å². The van der Waals surface area contributed by atoms with Gasteiger partial charge in [0.2, 0.25) is 12.6 Å². The molecule has 0 amide bonds. The summed E-state index contributed by atoms with van der Waals surface area (Å²) in [6.07, 6.45) is 6.90. The highest BCUT2D eigenvalue weighted by Gasteiger charge is 2.73. The number of esters is 7. The van der Waals surface area contributed by atoms with E-state index in [2.05, 4.69) is 6.92 Å². The Hall–Kier alpha value is -3.67. The van der Waals surface area contributed by atoms with Gasteiger partial charge in [0.25, 0.3) is 0 Å². The molecule has 0 radical (unpaired) electrons. The van der Waals surface area contributed by atoms with Gasteiger partial charge in [-0.15, -0.1) is 0 Å². The minimum atomic E-state index is -1.93. The summed E-state index contributed by atoms with van der Waals surface area (Å²) < 4.78 is 48.7. The quantitative estimate of drug-likeness (QED) is 0.123. The van der Waals surface area contributed by atoms with Gasteiger partial charge in [-0.3, -0.25) is 33.6 Å². The minimum Gasteiger partial charge on any atom is -0.465 e. The number of cyclic esters (lactones) is 3. The lowest BCUT2D eigenvalue weighted by Gasteiger charge is -2.63. The van der Waals surface area contributed by atoms with Crippen LogP contribution in [-0.2, 0) is 71.5 Å². The van der Waals surface area contributed by atoms with E-state index in [1.807, 2.05) is 0 Å². The number of fused-ring (bicyclic) bond motifs is 5. The number of carbonyl (C=O) groups excluding carboxylic acids is 7. The third-order valence-corrected chi connectivity index (χ3v) is 21.2. The van der Waals surface area contributed by atoms with Crippen LogP contribution in [0.3, 0.4) is 0 Å². The maximum atomic E-state index is 16.0. The van der Waals surface area contributed by atoms with Crippen molar-refractivity contribution in [1.82, 2.24) is 0 Å². The summed E-state index contributed by atoms with van der Waals surface area (Å²) in [6, 6.07) is 0. The highest BCUT2D eigenvalue weighted by molar-refractivity contribution is 6.00. The van der Waals surface area contributed by atoms with Crippen LogP contribution in [-0.4, -0.2) is 107 Å². The second-order valence-electron chi connectivity index (χ2n) is 26.8. The monoisotopic (exact) mass is 1010 g/mol. The van der Waals surface area contributed by atoms with E-state index in [9.17, 15) is 34.2 Å². The first kappa shape index (κ1) is 49.2. The van der Waals surface area contributed by atoms with Crippen molar-refractivity contribution in [2.45, 2.75) is 198 Å². The van der Waals surface area contributed by atoms with Crippen LogP contribution in [0, 0.1) is 80.8 Å². The molecule has 17 nitrogen and oxygen atoms in total. The molecule has 16 atom stereocenters. The molecule has 0 aromatic rings. The normalized spacial score (nSPS) is 48.8. The minimum absolute atomic E-state index is 0.0120. The molecule has 14 rings (SSSR count). The molecule has 17 heteroatoms. The smallest absolute Gasteiger partial charge is 0.318 e. The Morgan fingerprint density at radius 1 is 0.653 bits per heavy atom. The molecule has 10 bridgehead atoms. The lowest BCUT2D eigenvalue weighted by Crippen LogP contribution is -2.67. The lowest BCUT2D eigenvalue weighted by atomic mass is 9.42. The van der Waals surface area contributed by atoms with Gasteiger partial charge in [-0.05, 0) is 139 Å². The summed E-state index contributed by atoms with van der Waals surface area (Å²) in [5, 5.41) is 23.6. The predicted octanol–water partition coefficient (Wildman–Crippen LogP) is 5.94. The van der Waals surface area contributed by atoms with Crippen molar-refractivity contribution in [1.29, 1.82) is 0 Å². The average molecular weight is 1010 g/mol. The topological polar surface area (TPSA) is 234 Å². The molecule has 10 aliphatic carbocycles. The van der Waals surface area contributed by atoms with E-state index >= 15 is 9.59 Å². The highest BCUT2D eigenvalue weighted by Crippen LogP contribution is 2.70. The van der Waals surface area contributed by atoms with Gasteiger partial charge in [0.1, 0.15) is 11.2 Å². The van der Waals surface area contributed by atoms with Gasteiger partial charge in [0.05, 0.1) is 70.4 Å². The van der Waals surface area contributed by atoms with Crippen LogP contribution in [0.25, 0.3) is 0 Å². The van der Waals surface area contributed by atoms with Crippen LogP contribution in [0.2, 0.25) is 0 Å². The Kier molecular flexibility index (Phi) is 11.4. The van der Waals surface area contributed by atoms with Crippen molar-refractivity contribution < 1.29 is 81.7 Å². The molecule has 0 aromatic carbocycles. The van der Waals surface area contributed by atoms with Gasteiger partial charge in [-0.2, -0.15) is 0 Å². The fourth-order valence-corrected chi connectivity index (χ4v) is 19.4. The van der Waals surface area contributed by atoms with Crippen LogP contribution >= 0.6 is 0 Å². The van der Waals surface area contributed by atoms with Crippen molar-refractivity contribution >= 4 is 41.8 Å². The third-order valence-electron chi connectivity index (χ3n) is 21.2. The second kappa shape index (κ2) is 16.7. The Labute approximate surface area is 420 Å². The molecule has 72 heavy (non-hydrogen) atoms. The molecular formula is C55H74O17. The summed E-state index contributed by atoms with van der Waals surface area (Å²) in [5.74, 6) is -7.60. The van der Waals surface area contributed by atoms with E-state index in [4.69, 9.17) is 37.9 Å². The van der Waals surface area contributed by atoms with E-state index in [1.54, 1.807) is 13.8 Å². The Morgan fingerprint density at radius 3 is 1.76 bits per heavy atom. The Bertz CT molecular complexity index is 2250. The van der Waals surface area contributed by atoms with Gasteiger partial charge < -0.3 is 48.1 Å². The summed E-state index contributed by atoms with van der Waals surface area (Å²) in [6.45, 7) is 8.15. The molecule has 0 aromatic heterocycles. The number of rotatable bonds is 13. The zero-order valence-corrected chi connectivity index (χ0v) is 42.4. The predicted molar refractivity (Wildman–Crippen MR) is 246 cm³/mol. The molecule has 2 N–H and O–H groups in total. The summed E-state index contributed by atoms with van der Waals surface area (Å²) in [4.78, 5) is 102. The molecule has 10 saturated carbocycles. The second-order valence-corrected chi connectivity index (χ2v) is 26.8. The fourth-order valence-electron chi connectivity index (χ4n) is 19.4. The van der Waals surface area contributed by atoms with E-state index in [-0.39, 0.29) is 105 Å². The van der Waals surface area contributed by atoms with Crippen molar-refractivity contribution in [3.05, 3.63) is 0 Å². The molecule has 14 aliphatic rings. The zero-order valence-electron chi connectivity index (χ0n) is 42.4. The first-order chi connectivity index (χ1) is 34.0. The highest BCUT2D eigenvalue weighted by atomic mass is 16.7. The van der Waals surface area contributed by atoms with Crippen LogP contribution in [0.1, 0.15) is 163 Å². The molecular weight excluding hydrogens is 933 g/mol. The van der Waals surface area contributed by atoms with Crippen molar-refractivity contribution in [3.8, 4) is 0 Å². The van der Waals surface area contributed by atoms with Crippen LogP contribution in [0.5, 0.6) is 0 Å². The number of hydrogen-bond acceptors (Lipinski definition) is 17. The van der Waals surface area contributed by atoms with Crippen molar-refractivity contribution in [2.75, 3.05) is 19.8 Å². The molecule has 4 aliphatic heterocycles. The van der Waals surface area contributed by atoms with Gasteiger partial charge in [-0.1, -0.05) is 13.8 Å². The maximum Gasteiger partial charge on any atom is 0.318 e. The first-order valence-electron chi connectivity index (χ1n) is 27.5. The van der Waals surface area contributed by atoms with Crippen LogP contribution in [0.15, 0.2) is 0 Å². The molecule has 4 saturated heterocycles. The van der Waals surface area contributed by atoms with E-state index < -0.39 is 104 Å².